The molecule has 1 aromatic rings. The van der Waals surface area contributed by atoms with E-state index in [4.69, 9.17) is 15.2 Å². The fraction of sp³-hybridized carbons (Fsp3) is 0.588. The Morgan fingerprint density at radius 2 is 1.91 bits per heavy atom. The Morgan fingerprint density at radius 3 is 2.73 bits per heavy atom. The summed E-state index contributed by atoms with van der Waals surface area (Å²) in [5.41, 5.74) is 6.64. The molecule has 0 saturated heterocycles. The minimum absolute atomic E-state index is 0.141. The number of amides is 1. The molecule has 5 heteroatoms. The lowest BCUT2D eigenvalue weighted by Gasteiger charge is -2.33. The third-order valence-corrected chi connectivity index (χ3v) is 4.47. The fourth-order valence-electron chi connectivity index (χ4n) is 3.16. The minimum atomic E-state index is -0.267. The Hall–Kier alpha value is -1.75. The van der Waals surface area contributed by atoms with Crippen molar-refractivity contribution in [3.63, 3.8) is 0 Å². The molecule has 120 valence electrons. The molecule has 1 aromatic carbocycles. The quantitative estimate of drug-likeness (QED) is 0.898. The second kappa shape index (κ2) is 6.57. The van der Waals surface area contributed by atoms with Gasteiger partial charge in [-0.15, -0.1) is 0 Å². The Bertz CT molecular complexity index is 539. The Morgan fingerprint density at radius 1 is 1.14 bits per heavy atom. The molecule has 1 aliphatic heterocycles. The van der Waals surface area contributed by atoms with Crippen LogP contribution in [0.5, 0.6) is 11.5 Å². The lowest BCUT2D eigenvalue weighted by Crippen LogP contribution is -2.51. The molecule has 0 radical (unpaired) electrons. The first-order chi connectivity index (χ1) is 10.7. The van der Waals surface area contributed by atoms with Gasteiger partial charge in [-0.25, -0.2) is 0 Å². The number of carbonyl (C=O) groups excluding carboxylic acids is 1. The van der Waals surface area contributed by atoms with Gasteiger partial charge in [0.15, 0.2) is 11.5 Å². The Balaban J connectivity index is 1.70. The molecule has 3 N–H and O–H groups in total. The van der Waals surface area contributed by atoms with Gasteiger partial charge in [-0.1, -0.05) is 25.3 Å². The van der Waals surface area contributed by atoms with Crippen LogP contribution in [0.3, 0.4) is 0 Å². The van der Waals surface area contributed by atoms with E-state index < -0.39 is 0 Å². The van der Waals surface area contributed by atoms with Crippen LogP contribution in [0.25, 0.3) is 0 Å². The first-order valence-electron chi connectivity index (χ1n) is 8.14. The van der Waals surface area contributed by atoms with Crippen molar-refractivity contribution < 1.29 is 14.3 Å². The van der Waals surface area contributed by atoms with Crippen molar-refractivity contribution in [2.45, 2.75) is 44.1 Å². The van der Waals surface area contributed by atoms with Crippen molar-refractivity contribution in [1.29, 1.82) is 0 Å². The average molecular weight is 304 g/mol. The Labute approximate surface area is 131 Å². The van der Waals surface area contributed by atoms with Gasteiger partial charge in [0, 0.05) is 18.5 Å². The number of ether oxygens (including phenoxy) is 2. The summed E-state index contributed by atoms with van der Waals surface area (Å²) >= 11 is 0. The lowest BCUT2D eigenvalue weighted by molar-refractivity contribution is 0.0933. The maximum absolute atomic E-state index is 12.5. The molecule has 0 atom stereocenters. The van der Waals surface area contributed by atoms with Crippen LogP contribution in [-0.4, -0.2) is 31.2 Å². The molecule has 22 heavy (non-hydrogen) atoms. The van der Waals surface area contributed by atoms with Crippen LogP contribution in [0.2, 0.25) is 0 Å². The van der Waals surface area contributed by atoms with E-state index in [0.717, 1.165) is 32.1 Å². The predicted molar refractivity (Wildman–Crippen MR) is 84.4 cm³/mol. The second-order valence-electron chi connectivity index (χ2n) is 6.29. The molecule has 1 heterocycles. The summed E-state index contributed by atoms with van der Waals surface area (Å²) in [6.45, 7) is 1.69. The first kappa shape index (κ1) is 15.2. The minimum Gasteiger partial charge on any atom is -0.490 e. The van der Waals surface area contributed by atoms with Crippen LogP contribution in [0, 0.1) is 0 Å². The summed E-state index contributed by atoms with van der Waals surface area (Å²) in [5.74, 6) is 1.05. The second-order valence-corrected chi connectivity index (χ2v) is 6.29. The third kappa shape index (κ3) is 3.35. The lowest BCUT2D eigenvalue weighted by atomic mass is 9.82. The molecule has 1 fully saturated rings. The molecule has 0 bridgehead atoms. The summed E-state index contributed by atoms with van der Waals surface area (Å²) in [6, 6.07) is 5.43. The van der Waals surface area contributed by atoms with Gasteiger partial charge >= 0.3 is 0 Å². The predicted octanol–water partition coefficient (Wildman–Crippen LogP) is 2.24. The molecular formula is C17H24N2O3. The van der Waals surface area contributed by atoms with Gasteiger partial charge in [-0.3, -0.25) is 4.79 Å². The average Bonchev–Trinajstić information content (AvgIpc) is 2.78. The van der Waals surface area contributed by atoms with E-state index in [1.165, 1.54) is 6.42 Å². The van der Waals surface area contributed by atoms with Crippen LogP contribution < -0.4 is 20.5 Å². The van der Waals surface area contributed by atoms with Gasteiger partial charge in [0.05, 0.1) is 18.8 Å². The van der Waals surface area contributed by atoms with Crippen molar-refractivity contribution >= 4 is 5.91 Å². The van der Waals surface area contributed by atoms with Crippen molar-refractivity contribution in [1.82, 2.24) is 5.32 Å². The van der Waals surface area contributed by atoms with Gasteiger partial charge in [0.25, 0.3) is 5.91 Å². The molecule has 5 nitrogen and oxygen atoms in total. The van der Waals surface area contributed by atoms with E-state index in [9.17, 15) is 4.79 Å². The maximum atomic E-state index is 12.5. The van der Waals surface area contributed by atoms with Gasteiger partial charge in [-0.2, -0.15) is 0 Å². The molecular weight excluding hydrogens is 280 g/mol. The van der Waals surface area contributed by atoms with Gasteiger partial charge < -0.3 is 20.5 Å². The number of nitrogens with one attached hydrogen (secondary N) is 1. The van der Waals surface area contributed by atoms with Crippen LogP contribution in [0.15, 0.2) is 18.2 Å². The molecule has 0 aromatic heterocycles. The zero-order valence-electron chi connectivity index (χ0n) is 12.9. The molecule has 1 amide bonds. The topological polar surface area (TPSA) is 73.6 Å². The number of fused-ring (bicyclic) bond motifs is 1. The highest BCUT2D eigenvalue weighted by molar-refractivity contribution is 5.97. The van der Waals surface area contributed by atoms with Crippen molar-refractivity contribution in [2.24, 2.45) is 5.73 Å². The number of rotatable bonds is 3. The zero-order valence-corrected chi connectivity index (χ0v) is 12.9. The van der Waals surface area contributed by atoms with E-state index in [1.54, 1.807) is 6.07 Å². The third-order valence-electron chi connectivity index (χ3n) is 4.47. The van der Waals surface area contributed by atoms with Crippen LogP contribution >= 0.6 is 0 Å². The number of benzene rings is 1. The summed E-state index contributed by atoms with van der Waals surface area (Å²) in [7, 11) is 0. The van der Waals surface area contributed by atoms with E-state index in [2.05, 4.69) is 5.32 Å². The number of para-hydroxylation sites is 1. The van der Waals surface area contributed by atoms with Crippen molar-refractivity contribution in [3.05, 3.63) is 23.8 Å². The molecule has 0 spiro atoms. The number of hydrogen-bond acceptors (Lipinski definition) is 4. The molecule has 1 aliphatic carbocycles. The van der Waals surface area contributed by atoms with Crippen LogP contribution in [-0.2, 0) is 0 Å². The molecule has 3 rings (SSSR count). The number of nitrogens with two attached hydrogens (primary N) is 1. The Kier molecular flexibility index (Phi) is 4.52. The molecule has 2 aliphatic rings. The smallest absolute Gasteiger partial charge is 0.255 e. The summed E-state index contributed by atoms with van der Waals surface area (Å²) in [6.07, 6.45) is 6.29. The monoisotopic (exact) mass is 304 g/mol. The maximum Gasteiger partial charge on any atom is 0.255 e. The van der Waals surface area contributed by atoms with E-state index in [-0.39, 0.29) is 11.4 Å². The largest absolute Gasteiger partial charge is 0.490 e. The van der Waals surface area contributed by atoms with E-state index >= 15 is 0 Å². The highest BCUT2D eigenvalue weighted by atomic mass is 16.5. The van der Waals surface area contributed by atoms with Crippen molar-refractivity contribution in [2.75, 3.05) is 19.8 Å². The summed E-state index contributed by atoms with van der Waals surface area (Å²) in [4.78, 5) is 12.5. The number of carbonyl (C=O) groups is 1. The van der Waals surface area contributed by atoms with Crippen LogP contribution in [0.4, 0.5) is 0 Å². The fourth-order valence-corrected chi connectivity index (χ4v) is 3.16. The van der Waals surface area contributed by atoms with Gasteiger partial charge in [-0.05, 0) is 25.0 Å². The van der Waals surface area contributed by atoms with Gasteiger partial charge in [0.2, 0.25) is 0 Å². The van der Waals surface area contributed by atoms with E-state index in [0.29, 0.717) is 36.8 Å². The summed E-state index contributed by atoms with van der Waals surface area (Å²) in [5, 5.41) is 2.98. The normalized spacial score (nSPS) is 20.0. The zero-order chi connectivity index (χ0) is 15.4. The standard InChI is InChI=1S/C17H24N2O3/c18-17(8-2-1-3-9-17)12-19-16(20)13-6-4-7-14-15(13)22-11-5-10-21-14/h4,6-7H,1-3,5,8-12,18H2,(H,19,20). The highest BCUT2D eigenvalue weighted by Crippen LogP contribution is 2.33. The molecule has 1 saturated carbocycles. The van der Waals surface area contributed by atoms with Crippen molar-refractivity contribution in [3.8, 4) is 11.5 Å². The van der Waals surface area contributed by atoms with E-state index in [1.807, 2.05) is 12.1 Å². The molecule has 0 unspecified atom stereocenters. The SMILES string of the molecule is NC1(CNC(=O)c2cccc3c2OCCCO3)CCCCC1. The highest BCUT2D eigenvalue weighted by Gasteiger charge is 2.28. The van der Waals surface area contributed by atoms with Crippen LogP contribution in [0.1, 0.15) is 48.9 Å². The summed E-state index contributed by atoms with van der Waals surface area (Å²) < 4.78 is 11.3. The first-order valence-corrected chi connectivity index (χ1v) is 8.14. The number of hydrogen-bond donors (Lipinski definition) is 2. The van der Waals surface area contributed by atoms with Gasteiger partial charge in [0.1, 0.15) is 0 Å².